The van der Waals surface area contributed by atoms with Gasteiger partial charge in [-0.3, -0.25) is 0 Å². The highest BCUT2D eigenvalue weighted by Crippen LogP contribution is 2.38. The fourth-order valence-corrected chi connectivity index (χ4v) is 2.10. The van der Waals surface area contributed by atoms with Gasteiger partial charge in [-0.15, -0.1) is 6.42 Å². The number of alkyl halides is 3. The van der Waals surface area contributed by atoms with Gasteiger partial charge in [-0.25, -0.2) is 0 Å². The van der Waals surface area contributed by atoms with Crippen LogP contribution in [0.25, 0.3) is 10.9 Å². The Morgan fingerprint density at radius 1 is 1.32 bits per heavy atom. The molecule has 0 fully saturated rings. The lowest BCUT2D eigenvalue weighted by molar-refractivity contribution is -0.143. The maximum atomic E-state index is 13.2. The number of aromatic nitrogens is 1. The fraction of sp³-hybridized carbons (Fsp3) is 0.143. The Hall–Kier alpha value is -2.40. The predicted octanol–water partition coefficient (Wildman–Crippen LogP) is 3.37. The highest BCUT2D eigenvalue weighted by Gasteiger charge is 2.38. The number of terminal acetylenes is 1. The van der Waals surface area contributed by atoms with E-state index in [4.69, 9.17) is 11.7 Å². The van der Waals surface area contributed by atoms with Crippen LogP contribution in [-0.4, -0.2) is 4.57 Å². The highest BCUT2D eigenvalue weighted by molar-refractivity contribution is 5.87. The first-order valence-corrected chi connectivity index (χ1v) is 5.35. The van der Waals surface area contributed by atoms with Crippen molar-refractivity contribution in [2.24, 2.45) is 0 Å². The van der Waals surface area contributed by atoms with Crippen molar-refractivity contribution in [2.45, 2.75) is 12.7 Å². The average molecular weight is 261 g/mol. The van der Waals surface area contributed by atoms with Crippen LogP contribution in [0, 0.1) is 30.1 Å². The van der Waals surface area contributed by atoms with E-state index in [0.717, 1.165) is 11.0 Å². The molecule has 95 valence electrons. The third kappa shape index (κ3) is 2.15. The SMILES string of the molecule is C#CCn1c(C(F)(F)F)c([CH]C#N)c2ccccc21. The molecule has 0 bridgehead atoms. The summed E-state index contributed by atoms with van der Waals surface area (Å²) in [7, 11) is 0. The quantitative estimate of drug-likeness (QED) is 0.762. The summed E-state index contributed by atoms with van der Waals surface area (Å²) in [5.74, 6) is 2.21. The van der Waals surface area contributed by atoms with Crippen molar-refractivity contribution in [1.29, 1.82) is 5.26 Å². The first-order valence-electron chi connectivity index (χ1n) is 5.35. The van der Waals surface area contributed by atoms with E-state index >= 15 is 0 Å². The molecule has 0 N–H and O–H groups in total. The Bertz CT molecular complexity index is 643. The molecule has 19 heavy (non-hydrogen) atoms. The van der Waals surface area contributed by atoms with Gasteiger partial charge in [0.25, 0.3) is 0 Å². The minimum atomic E-state index is -4.57. The van der Waals surface area contributed by atoms with Gasteiger partial charge in [0.1, 0.15) is 5.69 Å². The monoisotopic (exact) mass is 261 g/mol. The summed E-state index contributed by atoms with van der Waals surface area (Å²) >= 11 is 0. The van der Waals surface area contributed by atoms with Gasteiger partial charge in [-0.1, -0.05) is 24.1 Å². The van der Waals surface area contributed by atoms with Gasteiger partial charge < -0.3 is 4.57 Å². The molecule has 0 saturated carbocycles. The number of fused-ring (bicyclic) bond motifs is 1. The molecule has 0 amide bonds. The van der Waals surface area contributed by atoms with E-state index in [1.54, 1.807) is 30.3 Å². The number of hydrogen-bond acceptors (Lipinski definition) is 1. The van der Waals surface area contributed by atoms with Gasteiger partial charge >= 0.3 is 6.18 Å². The summed E-state index contributed by atoms with van der Waals surface area (Å²) in [4.78, 5) is 0. The van der Waals surface area contributed by atoms with Crippen LogP contribution in [0.15, 0.2) is 24.3 Å². The zero-order valence-electron chi connectivity index (χ0n) is 9.70. The van der Waals surface area contributed by atoms with E-state index in [2.05, 4.69) is 5.92 Å². The second-order valence-electron chi connectivity index (χ2n) is 3.84. The van der Waals surface area contributed by atoms with E-state index in [-0.39, 0.29) is 12.1 Å². The molecule has 1 aromatic carbocycles. The number of halogens is 3. The van der Waals surface area contributed by atoms with E-state index in [1.165, 1.54) is 0 Å². The van der Waals surface area contributed by atoms with Crippen molar-refractivity contribution in [3.8, 4) is 18.4 Å². The van der Waals surface area contributed by atoms with Crippen molar-refractivity contribution in [3.63, 3.8) is 0 Å². The molecule has 2 aromatic rings. The largest absolute Gasteiger partial charge is 0.431 e. The van der Waals surface area contributed by atoms with Gasteiger partial charge in [0.2, 0.25) is 0 Å². The molecule has 2 rings (SSSR count). The molecule has 1 radical (unpaired) electrons. The molecule has 0 aliphatic heterocycles. The van der Waals surface area contributed by atoms with Gasteiger partial charge in [0.15, 0.2) is 0 Å². The van der Waals surface area contributed by atoms with Crippen LogP contribution in [-0.2, 0) is 12.7 Å². The predicted molar refractivity (Wildman–Crippen MR) is 64.8 cm³/mol. The third-order valence-electron chi connectivity index (χ3n) is 2.74. The molecule has 0 unspecified atom stereocenters. The van der Waals surface area contributed by atoms with E-state index in [0.29, 0.717) is 10.9 Å². The van der Waals surface area contributed by atoms with Crippen LogP contribution < -0.4 is 0 Å². The molecule has 0 atom stereocenters. The second kappa shape index (κ2) is 4.70. The van der Waals surface area contributed by atoms with E-state index < -0.39 is 11.9 Å². The maximum Gasteiger partial charge on any atom is 0.431 e. The molecule has 0 spiro atoms. The van der Waals surface area contributed by atoms with Crippen LogP contribution in [0.4, 0.5) is 13.2 Å². The molecule has 1 heterocycles. The average Bonchev–Trinajstić information content (AvgIpc) is 2.65. The van der Waals surface area contributed by atoms with Crippen molar-refractivity contribution < 1.29 is 13.2 Å². The summed E-state index contributed by atoms with van der Waals surface area (Å²) in [6.45, 7) is -0.200. The Morgan fingerprint density at radius 3 is 2.58 bits per heavy atom. The Morgan fingerprint density at radius 2 is 2.00 bits per heavy atom. The zero-order chi connectivity index (χ0) is 14.0. The van der Waals surface area contributed by atoms with Crippen molar-refractivity contribution in [3.05, 3.63) is 41.9 Å². The highest BCUT2D eigenvalue weighted by atomic mass is 19.4. The topological polar surface area (TPSA) is 28.7 Å². The van der Waals surface area contributed by atoms with Crippen LogP contribution in [0.5, 0.6) is 0 Å². The van der Waals surface area contributed by atoms with Crippen molar-refractivity contribution in [1.82, 2.24) is 4.57 Å². The third-order valence-corrected chi connectivity index (χ3v) is 2.74. The lowest BCUT2D eigenvalue weighted by Crippen LogP contribution is -2.15. The van der Waals surface area contributed by atoms with Crippen LogP contribution in [0.2, 0.25) is 0 Å². The lowest BCUT2D eigenvalue weighted by atomic mass is 10.1. The number of hydrogen-bond donors (Lipinski definition) is 0. The first kappa shape index (κ1) is 13.0. The van der Waals surface area contributed by atoms with Crippen LogP contribution in [0.3, 0.4) is 0 Å². The molecule has 5 heteroatoms. The molecule has 0 aliphatic carbocycles. The maximum absolute atomic E-state index is 13.2. The fourth-order valence-electron chi connectivity index (χ4n) is 2.10. The molecule has 1 aromatic heterocycles. The standard InChI is InChI=1S/C14H8F3N2/c1-2-9-19-12-6-4-3-5-10(12)11(7-8-18)13(19)14(15,16)17/h1,3-7H,9H2. The van der Waals surface area contributed by atoms with Gasteiger partial charge in [0.05, 0.1) is 19.0 Å². The number of nitriles is 1. The van der Waals surface area contributed by atoms with E-state index in [9.17, 15) is 13.2 Å². The Balaban J connectivity index is 2.89. The molecule has 2 nitrogen and oxygen atoms in total. The zero-order valence-corrected chi connectivity index (χ0v) is 9.70. The second-order valence-corrected chi connectivity index (χ2v) is 3.84. The number of rotatable bonds is 2. The summed E-state index contributed by atoms with van der Waals surface area (Å²) in [6.07, 6.45) is 1.46. The lowest BCUT2D eigenvalue weighted by Gasteiger charge is -2.11. The summed E-state index contributed by atoms with van der Waals surface area (Å²) < 4.78 is 40.5. The minimum Gasteiger partial charge on any atom is -0.325 e. The normalized spacial score (nSPS) is 11.2. The van der Waals surface area contributed by atoms with Crippen LogP contribution >= 0.6 is 0 Å². The molecular weight excluding hydrogens is 253 g/mol. The number of benzene rings is 1. The number of nitrogens with zero attached hydrogens (tertiary/aromatic N) is 2. The smallest absolute Gasteiger partial charge is 0.325 e. The Kier molecular flexibility index (Phi) is 3.23. The molecule has 0 saturated heterocycles. The van der Waals surface area contributed by atoms with Crippen molar-refractivity contribution in [2.75, 3.05) is 0 Å². The Labute approximate surface area is 108 Å². The van der Waals surface area contributed by atoms with Crippen LogP contribution in [0.1, 0.15) is 11.3 Å². The summed E-state index contributed by atoms with van der Waals surface area (Å²) in [6, 6.07) is 8.00. The first-order chi connectivity index (χ1) is 9.00. The minimum absolute atomic E-state index is 0.138. The van der Waals surface area contributed by atoms with Gasteiger partial charge in [-0.05, 0) is 6.07 Å². The van der Waals surface area contributed by atoms with Crippen molar-refractivity contribution >= 4 is 10.9 Å². The molecule has 0 aliphatic rings. The summed E-state index contributed by atoms with van der Waals surface area (Å²) in [5.41, 5.74) is -0.650. The van der Waals surface area contributed by atoms with Gasteiger partial charge in [-0.2, -0.15) is 18.4 Å². The molecular formula is C14H8F3N2. The van der Waals surface area contributed by atoms with E-state index in [1.807, 2.05) is 0 Å². The van der Waals surface area contributed by atoms with Gasteiger partial charge in [0, 0.05) is 16.5 Å². The summed E-state index contributed by atoms with van der Waals surface area (Å²) in [5, 5.41) is 9.05. The number of para-hydroxylation sites is 1.